The van der Waals surface area contributed by atoms with Gasteiger partial charge in [-0.1, -0.05) is 11.6 Å². The number of benzene rings is 1. The number of likely N-dealkylation sites (tertiary alicyclic amines) is 1. The number of rotatable bonds is 6. The topological polar surface area (TPSA) is 38.8 Å². The van der Waals surface area contributed by atoms with Crippen molar-refractivity contribution in [2.24, 2.45) is 5.92 Å². The third-order valence-electron chi connectivity index (χ3n) is 3.95. The molecule has 2 rings (SSSR count). The van der Waals surface area contributed by atoms with E-state index in [4.69, 9.17) is 21.1 Å². The van der Waals surface area contributed by atoms with Gasteiger partial charge >= 0.3 is 0 Å². The van der Waals surface area contributed by atoms with Crippen LogP contribution in [0.25, 0.3) is 0 Å². The largest absolute Gasteiger partial charge is 0.495 e. The van der Waals surface area contributed by atoms with Crippen molar-refractivity contribution in [1.82, 2.24) is 4.90 Å². The molecule has 0 aliphatic carbocycles. The summed E-state index contributed by atoms with van der Waals surface area (Å²) in [6, 6.07) is 5.19. The second kappa shape index (κ2) is 7.78. The van der Waals surface area contributed by atoms with E-state index in [2.05, 4.69) is 4.90 Å². The van der Waals surface area contributed by atoms with Crippen molar-refractivity contribution < 1.29 is 14.3 Å². The first-order valence-electron chi connectivity index (χ1n) is 7.22. The number of carbonyl (C=O) groups excluding carboxylic acids is 1. The average Bonchev–Trinajstić information content (AvgIpc) is 2.49. The summed E-state index contributed by atoms with van der Waals surface area (Å²) in [6.45, 7) is 3.16. The van der Waals surface area contributed by atoms with E-state index in [1.54, 1.807) is 32.4 Å². The van der Waals surface area contributed by atoms with Gasteiger partial charge in [0.2, 0.25) is 0 Å². The Balaban J connectivity index is 1.89. The molecule has 1 aliphatic rings. The summed E-state index contributed by atoms with van der Waals surface area (Å²) in [7, 11) is 3.30. The highest BCUT2D eigenvalue weighted by atomic mass is 35.5. The second-order valence-corrected chi connectivity index (χ2v) is 5.85. The third kappa shape index (κ3) is 4.43. The lowest BCUT2D eigenvalue weighted by atomic mass is 9.97. The van der Waals surface area contributed by atoms with E-state index in [-0.39, 0.29) is 5.78 Å². The third-order valence-corrected chi connectivity index (χ3v) is 4.25. The average molecular weight is 312 g/mol. The van der Waals surface area contributed by atoms with Gasteiger partial charge in [-0.25, -0.2) is 0 Å². The summed E-state index contributed by atoms with van der Waals surface area (Å²) in [5, 5.41) is 0.474. The fourth-order valence-corrected chi connectivity index (χ4v) is 2.94. The molecule has 1 aromatic rings. The molecule has 0 atom stereocenters. The highest BCUT2D eigenvalue weighted by Gasteiger charge is 2.21. The van der Waals surface area contributed by atoms with E-state index in [1.165, 1.54) is 0 Å². The summed E-state index contributed by atoms with van der Waals surface area (Å²) in [5.74, 6) is 1.31. The van der Waals surface area contributed by atoms with Crippen LogP contribution < -0.4 is 4.74 Å². The zero-order valence-electron chi connectivity index (χ0n) is 12.6. The number of halogens is 1. The summed E-state index contributed by atoms with van der Waals surface area (Å²) in [5.41, 5.74) is 0.639. The molecule has 1 saturated heterocycles. The smallest absolute Gasteiger partial charge is 0.176 e. The maximum Gasteiger partial charge on any atom is 0.176 e. The molecule has 1 fully saturated rings. The highest BCUT2D eigenvalue weighted by Crippen LogP contribution is 2.25. The molecule has 21 heavy (non-hydrogen) atoms. The molecule has 0 aromatic heterocycles. The van der Waals surface area contributed by atoms with Crippen molar-refractivity contribution in [3.05, 3.63) is 28.8 Å². The molecule has 0 saturated carbocycles. The monoisotopic (exact) mass is 311 g/mol. The van der Waals surface area contributed by atoms with Gasteiger partial charge in [0.05, 0.1) is 18.7 Å². The maximum atomic E-state index is 12.3. The normalized spacial score (nSPS) is 16.9. The molecule has 0 N–H and O–H groups in total. The predicted molar refractivity (Wildman–Crippen MR) is 83.4 cm³/mol. The lowest BCUT2D eigenvalue weighted by molar-refractivity contribution is 0.0810. The van der Waals surface area contributed by atoms with Crippen LogP contribution in [0.3, 0.4) is 0 Å². The number of carbonyl (C=O) groups is 1. The molecular weight excluding hydrogens is 290 g/mol. The summed E-state index contributed by atoms with van der Waals surface area (Å²) >= 11 is 6.07. The zero-order valence-corrected chi connectivity index (χ0v) is 13.4. The SMILES string of the molecule is COCC1CCN(CC(=O)c2ccc(OC)c(Cl)c2)CC1. The quantitative estimate of drug-likeness (QED) is 0.757. The maximum absolute atomic E-state index is 12.3. The highest BCUT2D eigenvalue weighted by molar-refractivity contribution is 6.32. The Hall–Kier alpha value is -1.10. The van der Waals surface area contributed by atoms with Crippen LogP contribution in [0.1, 0.15) is 23.2 Å². The molecular formula is C16H22ClNO3. The Kier molecular flexibility index (Phi) is 6.03. The lowest BCUT2D eigenvalue weighted by Gasteiger charge is -2.31. The van der Waals surface area contributed by atoms with Crippen LogP contribution in [-0.4, -0.2) is 51.1 Å². The number of ether oxygens (including phenoxy) is 2. The van der Waals surface area contributed by atoms with Crippen molar-refractivity contribution in [2.75, 3.05) is 40.5 Å². The number of Topliss-reactive ketones (excluding diaryl/α,β-unsaturated/α-hetero) is 1. The molecule has 1 heterocycles. The van der Waals surface area contributed by atoms with Crippen LogP contribution in [0.5, 0.6) is 5.75 Å². The Morgan fingerprint density at radius 2 is 2.05 bits per heavy atom. The Labute approximate surface area is 131 Å². The summed E-state index contributed by atoms with van der Waals surface area (Å²) in [6.07, 6.45) is 2.18. The first-order valence-corrected chi connectivity index (χ1v) is 7.60. The molecule has 0 bridgehead atoms. The van der Waals surface area contributed by atoms with Crippen LogP contribution in [0.2, 0.25) is 5.02 Å². The van der Waals surface area contributed by atoms with Gasteiger partial charge < -0.3 is 9.47 Å². The molecule has 0 amide bonds. The fourth-order valence-electron chi connectivity index (χ4n) is 2.68. The zero-order chi connectivity index (χ0) is 15.2. The van der Waals surface area contributed by atoms with Gasteiger partial charge in [-0.05, 0) is 50.0 Å². The molecule has 1 aliphatic heterocycles. The Morgan fingerprint density at radius 3 is 2.62 bits per heavy atom. The lowest BCUT2D eigenvalue weighted by Crippen LogP contribution is -2.38. The first-order chi connectivity index (χ1) is 10.1. The van der Waals surface area contributed by atoms with Crippen molar-refractivity contribution >= 4 is 17.4 Å². The van der Waals surface area contributed by atoms with Gasteiger partial charge in [0.1, 0.15) is 5.75 Å². The van der Waals surface area contributed by atoms with Crippen LogP contribution >= 0.6 is 11.6 Å². The number of hydrogen-bond acceptors (Lipinski definition) is 4. The van der Waals surface area contributed by atoms with E-state index in [9.17, 15) is 4.79 Å². The van der Waals surface area contributed by atoms with Crippen LogP contribution in [0.15, 0.2) is 18.2 Å². The second-order valence-electron chi connectivity index (χ2n) is 5.45. The number of methoxy groups -OCH3 is 2. The van der Waals surface area contributed by atoms with Gasteiger partial charge in [0, 0.05) is 19.3 Å². The van der Waals surface area contributed by atoms with E-state index in [0.29, 0.717) is 28.8 Å². The number of hydrogen-bond donors (Lipinski definition) is 0. The van der Waals surface area contributed by atoms with Crippen LogP contribution in [-0.2, 0) is 4.74 Å². The van der Waals surface area contributed by atoms with Crippen molar-refractivity contribution in [3.8, 4) is 5.75 Å². The predicted octanol–water partition coefficient (Wildman–Crippen LogP) is 2.89. The van der Waals surface area contributed by atoms with E-state index < -0.39 is 0 Å². The Morgan fingerprint density at radius 1 is 1.33 bits per heavy atom. The van der Waals surface area contributed by atoms with E-state index >= 15 is 0 Å². The minimum Gasteiger partial charge on any atom is -0.495 e. The van der Waals surface area contributed by atoms with Crippen molar-refractivity contribution in [1.29, 1.82) is 0 Å². The molecule has 116 valence electrons. The first kappa shape index (κ1) is 16.3. The molecule has 0 radical (unpaired) electrons. The van der Waals surface area contributed by atoms with Gasteiger partial charge in [-0.15, -0.1) is 0 Å². The summed E-state index contributed by atoms with van der Waals surface area (Å²) < 4.78 is 10.3. The van der Waals surface area contributed by atoms with Gasteiger partial charge in [0.15, 0.2) is 5.78 Å². The number of nitrogens with zero attached hydrogens (tertiary/aromatic N) is 1. The van der Waals surface area contributed by atoms with Gasteiger partial charge in [-0.3, -0.25) is 9.69 Å². The summed E-state index contributed by atoms with van der Waals surface area (Å²) in [4.78, 5) is 14.5. The van der Waals surface area contributed by atoms with Crippen molar-refractivity contribution in [2.45, 2.75) is 12.8 Å². The van der Waals surface area contributed by atoms with Gasteiger partial charge in [0.25, 0.3) is 0 Å². The molecule has 5 heteroatoms. The molecule has 0 unspecified atom stereocenters. The Bertz CT molecular complexity index is 484. The van der Waals surface area contributed by atoms with Crippen molar-refractivity contribution in [3.63, 3.8) is 0 Å². The molecule has 0 spiro atoms. The molecule has 1 aromatic carbocycles. The fraction of sp³-hybridized carbons (Fsp3) is 0.562. The standard InChI is InChI=1S/C16H22ClNO3/c1-20-11-12-5-7-18(8-6-12)10-15(19)13-3-4-16(21-2)14(17)9-13/h3-4,9,12H,5-8,10-11H2,1-2H3. The van der Waals surface area contributed by atoms with Crippen LogP contribution in [0.4, 0.5) is 0 Å². The minimum absolute atomic E-state index is 0.102. The van der Waals surface area contributed by atoms with Gasteiger partial charge in [-0.2, -0.15) is 0 Å². The number of piperidine rings is 1. The molecule has 4 nitrogen and oxygen atoms in total. The number of ketones is 1. The minimum atomic E-state index is 0.102. The van der Waals surface area contributed by atoms with E-state index in [1.807, 2.05) is 0 Å². The van der Waals surface area contributed by atoms with Crippen LogP contribution in [0, 0.1) is 5.92 Å². The van der Waals surface area contributed by atoms with E-state index in [0.717, 1.165) is 32.5 Å².